The summed E-state index contributed by atoms with van der Waals surface area (Å²) in [5.41, 5.74) is 4.82. The topological polar surface area (TPSA) is 62.2 Å². The van der Waals surface area contributed by atoms with Crippen LogP contribution in [0.2, 0.25) is 0 Å². The van der Waals surface area contributed by atoms with E-state index in [-0.39, 0.29) is 17.7 Å². The van der Waals surface area contributed by atoms with Gasteiger partial charge >= 0.3 is 0 Å². The van der Waals surface area contributed by atoms with Gasteiger partial charge in [0.2, 0.25) is 0 Å². The molecule has 4 heterocycles. The van der Waals surface area contributed by atoms with Crippen LogP contribution < -0.4 is 9.47 Å². The summed E-state index contributed by atoms with van der Waals surface area (Å²) in [6.07, 6.45) is 3.82. The average Bonchev–Trinajstić information content (AvgIpc) is 3.58. The Labute approximate surface area is 229 Å². The highest BCUT2D eigenvalue weighted by atomic mass is 32.1. The lowest BCUT2D eigenvalue weighted by Crippen LogP contribution is -2.43. The standard InChI is InChI=1S/C30H38N2O5S/c1-30(2,3)31(4)29(33)23-18-22(26-9-8-16-38-26)28-21-19-25(24(34-5)17-20(21)11-12-32(23)28)35-14-15-37-27-10-6-7-13-36-27/h8-9,16-19,27H,6-7,10-15H2,1-5H3. The van der Waals surface area contributed by atoms with E-state index < -0.39 is 0 Å². The molecule has 8 heteroatoms. The second-order valence-electron chi connectivity index (χ2n) is 10.9. The van der Waals surface area contributed by atoms with E-state index in [4.69, 9.17) is 18.9 Å². The van der Waals surface area contributed by atoms with Gasteiger partial charge in [0.15, 0.2) is 17.8 Å². The van der Waals surface area contributed by atoms with Crippen molar-refractivity contribution in [3.05, 3.63) is 47.0 Å². The second kappa shape index (κ2) is 11.1. The lowest BCUT2D eigenvalue weighted by molar-refractivity contribution is -0.165. The van der Waals surface area contributed by atoms with Gasteiger partial charge in [-0.2, -0.15) is 0 Å². The highest BCUT2D eigenvalue weighted by Crippen LogP contribution is 2.45. The summed E-state index contributed by atoms with van der Waals surface area (Å²) in [5.74, 6) is 1.40. The molecule has 38 heavy (non-hydrogen) atoms. The molecule has 1 saturated heterocycles. The number of ether oxygens (including phenoxy) is 4. The minimum absolute atomic E-state index is 0.0251. The Morgan fingerprint density at radius 2 is 2.00 bits per heavy atom. The van der Waals surface area contributed by atoms with E-state index >= 15 is 0 Å². The van der Waals surface area contributed by atoms with Crippen LogP contribution in [0.15, 0.2) is 35.7 Å². The third-order valence-corrected chi connectivity index (χ3v) is 8.35. The second-order valence-corrected chi connectivity index (χ2v) is 11.8. The van der Waals surface area contributed by atoms with Crippen molar-refractivity contribution >= 4 is 17.2 Å². The fourth-order valence-electron chi connectivity index (χ4n) is 5.05. The molecule has 2 aliphatic heterocycles. The monoisotopic (exact) mass is 538 g/mol. The number of carbonyl (C=O) groups is 1. The van der Waals surface area contributed by atoms with Crippen LogP contribution in [0.5, 0.6) is 11.5 Å². The van der Waals surface area contributed by atoms with Crippen LogP contribution in [0.25, 0.3) is 21.7 Å². The first-order valence-corrected chi connectivity index (χ1v) is 14.3. The third kappa shape index (κ3) is 5.35. The lowest BCUT2D eigenvalue weighted by atomic mass is 9.95. The summed E-state index contributed by atoms with van der Waals surface area (Å²) >= 11 is 1.68. The van der Waals surface area contributed by atoms with E-state index in [0.29, 0.717) is 30.4 Å². The van der Waals surface area contributed by atoms with Crippen LogP contribution in [0.3, 0.4) is 0 Å². The number of methoxy groups -OCH3 is 1. The fourth-order valence-corrected chi connectivity index (χ4v) is 5.80. The molecule has 7 nitrogen and oxygen atoms in total. The number of fused-ring (bicyclic) bond motifs is 3. The Hall–Kier alpha value is -2.81. The van der Waals surface area contributed by atoms with Gasteiger partial charge in [0.1, 0.15) is 12.3 Å². The lowest BCUT2D eigenvalue weighted by Gasteiger charge is -2.32. The average molecular weight is 539 g/mol. The molecule has 0 saturated carbocycles. The van der Waals surface area contributed by atoms with E-state index in [9.17, 15) is 4.79 Å². The highest BCUT2D eigenvalue weighted by molar-refractivity contribution is 7.13. The van der Waals surface area contributed by atoms with Gasteiger partial charge in [0.25, 0.3) is 5.91 Å². The number of hydrogen-bond acceptors (Lipinski definition) is 6. The number of amides is 1. The van der Waals surface area contributed by atoms with Gasteiger partial charge < -0.3 is 28.4 Å². The number of aryl methyl sites for hydroxylation is 1. The largest absolute Gasteiger partial charge is 0.493 e. The van der Waals surface area contributed by atoms with Crippen molar-refractivity contribution in [2.75, 3.05) is 34.0 Å². The maximum absolute atomic E-state index is 13.7. The SMILES string of the molecule is COc1cc2c(cc1OCCOC1CCCCO1)-c1c(-c3cccs3)cc(C(=O)N(C)C(C)(C)C)n1CC2. The molecule has 1 unspecified atom stereocenters. The van der Waals surface area contributed by atoms with Crippen molar-refractivity contribution in [1.82, 2.24) is 9.47 Å². The van der Waals surface area contributed by atoms with E-state index in [0.717, 1.165) is 60.5 Å². The van der Waals surface area contributed by atoms with E-state index in [1.807, 2.05) is 11.9 Å². The molecule has 0 radical (unpaired) electrons. The first-order valence-electron chi connectivity index (χ1n) is 13.4. The molecular weight excluding hydrogens is 500 g/mol. The number of benzene rings is 1. The quantitative estimate of drug-likeness (QED) is 0.318. The van der Waals surface area contributed by atoms with Crippen LogP contribution in [0.1, 0.15) is 56.1 Å². The van der Waals surface area contributed by atoms with E-state index in [1.54, 1.807) is 18.4 Å². The molecule has 0 aliphatic carbocycles. The maximum Gasteiger partial charge on any atom is 0.270 e. The Kier molecular flexibility index (Phi) is 7.84. The van der Waals surface area contributed by atoms with E-state index in [1.165, 1.54) is 5.56 Å². The van der Waals surface area contributed by atoms with Crippen LogP contribution >= 0.6 is 11.3 Å². The molecule has 0 N–H and O–H groups in total. The molecule has 5 rings (SSSR count). The highest BCUT2D eigenvalue weighted by Gasteiger charge is 2.32. The number of thiophene rings is 1. The molecule has 3 aromatic rings. The summed E-state index contributed by atoms with van der Waals surface area (Å²) < 4.78 is 25.6. The number of carbonyl (C=O) groups excluding carboxylic acids is 1. The van der Waals surface area contributed by atoms with Crippen LogP contribution in [-0.4, -0.2) is 61.2 Å². The Bertz CT molecular complexity index is 1270. The summed E-state index contributed by atoms with van der Waals surface area (Å²) in [7, 11) is 3.55. The normalized spacial score (nSPS) is 17.0. The van der Waals surface area contributed by atoms with Gasteiger partial charge in [-0.3, -0.25) is 4.79 Å². The van der Waals surface area contributed by atoms with Gasteiger partial charge in [-0.05, 0) is 81.7 Å². The molecule has 0 bridgehead atoms. The van der Waals surface area contributed by atoms with Gasteiger partial charge in [-0.15, -0.1) is 11.3 Å². The maximum atomic E-state index is 13.7. The summed E-state index contributed by atoms with van der Waals surface area (Å²) in [4.78, 5) is 16.6. The van der Waals surface area contributed by atoms with Crippen LogP contribution in [0.4, 0.5) is 0 Å². The van der Waals surface area contributed by atoms with Gasteiger partial charge in [0.05, 0.1) is 19.4 Å². The van der Waals surface area contributed by atoms with Crippen molar-refractivity contribution in [1.29, 1.82) is 0 Å². The Balaban J connectivity index is 1.49. The molecule has 2 aromatic heterocycles. The van der Waals surface area contributed by atoms with Crippen molar-refractivity contribution < 1.29 is 23.7 Å². The van der Waals surface area contributed by atoms with Crippen molar-refractivity contribution in [3.8, 4) is 33.2 Å². The van der Waals surface area contributed by atoms with E-state index in [2.05, 4.69) is 61.1 Å². The minimum Gasteiger partial charge on any atom is -0.493 e. The number of nitrogens with zero attached hydrogens (tertiary/aromatic N) is 2. The Morgan fingerprint density at radius 1 is 1.16 bits per heavy atom. The fraction of sp³-hybridized carbons (Fsp3) is 0.500. The van der Waals surface area contributed by atoms with Crippen LogP contribution in [0, 0.1) is 0 Å². The van der Waals surface area contributed by atoms with Gasteiger partial charge in [-0.25, -0.2) is 0 Å². The molecule has 1 amide bonds. The van der Waals surface area contributed by atoms with Gasteiger partial charge in [0, 0.05) is 41.7 Å². The summed E-state index contributed by atoms with van der Waals surface area (Å²) in [6.45, 7) is 8.49. The predicted molar refractivity (Wildman–Crippen MR) is 150 cm³/mol. The molecule has 0 spiro atoms. The number of hydrogen-bond donors (Lipinski definition) is 0. The molecule has 204 valence electrons. The first kappa shape index (κ1) is 26.8. The molecule has 1 atom stereocenters. The number of aromatic nitrogens is 1. The summed E-state index contributed by atoms with van der Waals surface area (Å²) in [6, 6.07) is 10.4. The number of rotatable bonds is 8. The zero-order valence-corrected chi connectivity index (χ0v) is 23.9. The zero-order chi connectivity index (χ0) is 26.9. The molecule has 1 fully saturated rings. The minimum atomic E-state index is -0.281. The summed E-state index contributed by atoms with van der Waals surface area (Å²) in [5, 5.41) is 2.07. The zero-order valence-electron chi connectivity index (χ0n) is 23.0. The first-order chi connectivity index (χ1) is 18.3. The molecular formula is C30H38N2O5S. The van der Waals surface area contributed by atoms with Crippen molar-refractivity contribution in [2.45, 2.75) is 64.8 Å². The van der Waals surface area contributed by atoms with Crippen LogP contribution in [-0.2, 0) is 22.4 Å². The Morgan fingerprint density at radius 3 is 2.68 bits per heavy atom. The molecule has 2 aliphatic rings. The smallest absolute Gasteiger partial charge is 0.270 e. The third-order valence-electron chi connectivity index (χ3n) is 7.45. The predicted octanol–water partition coefficient (Wildman–Crippen LogP) is 6.24. The van der Waals surface area contributed by atoms with Gasteiger partial charge in [-0.1, -0.05) is 6.07 Å². The van der Waals surface area contributed by atoms with Crippen molar-refractivity contribution in [2.24, 2.45) is 0 Å². The molecule has 1 aromatic carbocycles. The van der Waals surface area contributed by atoms with Crippen molar-refractivity contribution in [3.63, 3.8) is 0 Å².